The van der Waals surface area contributed by atoms with Crippen LogP contribution in [0.15, 0.2) is 24.3 Å². The summed E-state index contributed by atoms with van der Waals surface area (Å²) in [6.45, 7) is 5.63. The summed E-state index contributed by atoms with van der Waals surface area (Å²) in [4.78, 5) is 0. The van der Waals surface area contributed by atoms with Crippen molar-refractivity contribution in [1.82, 2.24) is 25.5 Å². The first kappa shape index (κ1) is 13.6. The number of aromatic nitrogens is 4. The molecule has 0 aliphatic rings. The first-order chi connectivity index (χ1) is 9.20. The second kappa shape index (κ2) is 6.38. The van der Waals surface area contributed by atoms with Crippen LogP contribution in [0.2, 0.25) is 0 Å². The Hall–Kier alpha value is -1.82. The molecule has 0 aliphatic heterocycles. The van der Waals surface area contributed by atoms with E-state index in [1.54, 1.807) is 16.8 Å². The maximum absolute atomic E-state index is 12.8. The van der Waals surface area contributed by atoms with Crippen LogP contribution in [0.25, 0.3) is 0 Å². The molecule has 0 amide bonds. The standard InChI is InChI=1S/C13H18FN5/c1-3-15-10(2)13-16-17-18-19(13)9-8-11-4-6-12(14)7-5-11/h4-7,10,15H,3,8-9H2,1-2H3. The lowest BCUT2D eigenvalue weighted by Crippen LogP contribution is -2.22. The maximum atomic E-state index is 12.8. The van der Waals surface area contributed by atoms with E-state index in [4.69, 9.17) is 0 Å². The zero-order valence-corrected chi connectivity index (χ0v) is 11.2. The van der Waals surface area contributed by atoms with Crippen molar-refractivity contribution in [3.05, 3.63) is 41.5 Å². The lowest BCUT2D eigenvalue weighted by molar-refractivity contribution is 0.495. The first-order valence-corrected chi connectivity index (χ1v) is 6.44. The SMILES string of the molecule is CCNC(C)c1nnnn1CCc1ccc(F)cc1. The fourth-order valence-corrected chi connectivity index (χ4v) is 1.96. The Morgan fingerprint density at radius 1 is 1.32 bits per heavy atom. The van der Waals surface area contributed by atoms with E-state index in [1.807, 2.05) is 13.8 Å². The molecule has 1 heterocycles. The smallest absolute Gasteiger partial charge is 0.167 e. The Morgan fingerprint density at radius 3 is 2.74 bits per heavy atom. The highest BCUT2D eigenvalue weighted by atomic mass is 19.1. The van der Waals surface area contributed by atoms with Gasteiger partial charge in [0.1, 0.15) is 5.82 Å². The summed E-state index contributed by atoms with van der Waals surface area (Å²) in [7, 11) is 0. The molecule has 0 fully saturated rings. The van der Waals surface area contributed by atoms with E-state index in [0.29, 0.717) is 6.54 Å². The summed E-state index contributed by atoms with van der Waals surface area (Å²) in [5, 5.41) is 15.0. The fourth-order valence-electron chi connectivity index (χ4n) is 1.96. The molecule has 1 N–H and O–H groups in total. The van der Waals surface area contributed by atoms with Crippen molar-refractivity contribution in [3.8, 4) is 0 Å². The molecule has 0 spiro atoms. The van der Waals surface area contributed by atoms with Crippen molar-refractivity contribution >= 4 is 0 Å². The van der Waals surface area contributed by atoms with Gasteiger partial charge in [-0.05, 0) is 48.0 Å². The van der Waals surface area contributed by atoms with Crippen molar-refractivity contribution in [3.63, 3.8) is 0 Å². The monoisotopic (exact) mass is 263 g/mol. The fraction of sp³-hybridized carbons (Fsp3) is 0.462. The van der Waals surface area contributed by atoms with Gasteiger partial charge in [-0.3, -0.25) is 0 Å². The topological polar surface area (TPSA) is 55.6 Å². The molecule has 102 valence electrons. The normalized spacial score (nSPS) is 12.6. The quantitative estimate of drug-likeness (QED) is 0.862. The van der Waals surface area contributed by atoms with E-state index >= 15 is 0 Å². The summed E-state index contributed by atoms with van der Waals surface area (Å²) in [5.41, 5.74) is 1.07. The summed E-state index contributed by atoms with van der Waals surface area (Å²) < 4.78 is 14.6. The van der Waals surface area contributed by atoms with Crippen LogP contribution in [-0.2, 0) is 13.0 Å². The molecule has 1 aromatic carbocycles. The average Bonchev–Trinajstić information content (AvgIpc) is 2.87. The minimum atomic E-state index is -0.215. The lowest BCUT2D eigenvalue weighted by Gasteiger charge is -2.11. The molecule has 1 aromatic heterocycles. The van der Waals surface area contributed by atoms with Gasteiger partial charge >= 0.3 is 0 Å². The number of tetrazole rings is 1. The predicted molar refractivity (Wildman–Crippen MR) is 70.0 cm³/mol. The van der Waals surface area contributed by atoms with Crippen LogP contribution in [0.4, 0.5) is 4.39 Å². The number of nitrogens with zero attached hydrogens (tertiary/aromatic N) is 4. The van der Waals surface area contributed by atoms with Gasteiger partial charge in [-0.25, -0.2) is 9.07 Å². The van der Waals surface area contributed by atoms with Gasteiger partial charge in [0.25, 0.3) is 0 Å². The molecule has 1 unspecified atom stereocenters. The van der Waals surface area contributed by atoms with Gasteiger partial charge in [0.15, 0.2) is 5.82 Å². The maximum Gasteiger partial charge on any atom is 0.167 e. The number of hydrogen-bond donors (Lipinski definition) is 1. The number of benzene rings is 1. The summed E-state index contributed by atoms with van der Waals surface area (Å²) in [5.74, 6) is 0.608. The molecule has 0 aliphatic carbocycles. The van der Waals surface area contributed by atoms with Crippen molar-refractivity contribution < 1.29 is 4.39 Å². The van der Waals surface area contributed by atoms with Gasteiger partial charge in [0, 0.05) is 6.54 Å². The number of hydrogen-bond acceptors (Lipinski definition) is 4. The Morgan fingerprint density at radius 2 is 2.05 bits per heavy atom. The number of halogens is 1. The van der Waals surface area contributed by atoms with Gasteiger partial charge < -0.3 is 5.32 Å². The van der Waals surface area contributed by atoms with Gasteiger partial charge in [-0.1, -0.05) is 19.1 Å². The minimum Gasteiger partial charge on any atom is -0.308 e. The van der Waals surface area contributed by atoms with E-state index in [-0.39, 0.29) is 11.9 Å². The molecule has 0 saturated heterocycles. The van der Waals surface area contributed by atoms with Crippen LogP contribution in [0.5, 0.6) is 0 Å². The van der Waals surface area contributed by atoms with Crippen LogP contribution < -0.4 is 5.32 Å². The third-order valence-electron chi connectivity index (χ3n) is 2.98. The van der Waals surface area contributed by atoms with Crippen LogP contribution >= 0.6 is 0 Å². The van der Waals surface area contributed by atoms with Crippen LogP contribution in [-0.4, -0.2) is 26.8 Å². The molecular formula is C13H18FN5. The van der Waals surface area contributed by atoms with E-state index in [0.717, 1.165) is 24.4 Å². The lowest BCUT2D eigenvalue weighted by atomic mass is 10.1. The first-order valence-electron chi connectivity index (χ1n) is 6.44. The Labute approximate surface area is 111 Å². The minimum absolute atomic E-state index is 0.119. The molecule has 0 bridgehead atoms. The van der Waals surface area contributed by atoms with Crippen molar-refractivity contribution in [2.45, 2.75) is 32.9 Å². The van der Waals surface area contributed by atoms with Crippen LogP contribution in [0.1, 0.15) is 31.3 Å². The highest BCUT2D eigenvalue weighted by Crippen LogP contribution is 2.09. The van der Waals surface area contributed by atoms with E-state index in [2.05, 4.69) is 20.8 Å². The Bertz CT molecular complexity index is 508. The third kappa shape index (κ3) is 3.57. The zero-order valence-electron chi connectivity index (χ0n) is 11.2. The van der Waals surface area contributed by atoms with Gasteiger partial charge in [0.2, 0.25) is 0 Å². The predicted octanol–water partition coefficient (Wildman–Crippen LogP) is 1.73. The molecule has 19 heavy (non-hydrogen) atoms. The van der Waals surface area contributed by atoms with Gasteiger partial charge in [-0.15, -0.1) is 5.10 Å². The summed E-state index contributed by atoms with van der Waals surface area (Å²) in [6, 6.07) is 6.63. The third-order valence-corrected chi connectivity index (χ3v) is 2.98. The molecule has 0 saturated carbocycles. The van der Waals surface area contributed by atoms with Crippen LogP contribution in [0.3, 0.4) is 0 Å². The average molecular weight is 263 g/mol. The summed E-state index contributed by atoms with van der Waals surface area (Å²) in [6.07, 6.45) is 0.775. The second-order valence-corrected chi connectivity index (χ2v) is 4.42. The summed E-state index contributed by atoms with van der Waals surface area (Å²) >= 11 is 0. The Kier molecular flexibility index (Phi) is 4.57. The Balaban J connectivity index is 2.00. The van der Waals surface area contributed by atoms with Crippen LogP contribution in [0, 0.1) is 5.82 Å². The van der Waals surface area contributed by atoms with E-state index in [1.165, 1.54) is 12.1 Å². The largest absolute Gasteiger partial charge is 0.308 e. The van der Waals surface area contributed by atoms with Gasteiger partial charge in [-0.2, -0.15) is 0 Å². The molecular weight excluding hydrogens is 245 g/mol. The molecule has 1 atom stereocenters. The zero-order chi connectivity index (χ0) is 13.7. The van der Waals surface area contributed by atoms with E-state index < -0.39 is 0 Å². The number of aryl methyl sites for hydroxylation is 2. The number of nitrogens with one attached hydrogen (secondary N) is 1. The van der Waals surface area contributed by atoms with Crippen molar-refractivity contribution in [2.75, 3.05) is 6.54 Å². The van der Waals surface area contributed by atoms with Crippen molar-refractivity contribution in [2.24, 2.45) is 0 Å². The van der Waals surface area contributed by atoms with Crippen molar-refractivity contribution in [1.29, 1.82) is 0 Å². The molecule has 2 rings (SSSR count). The molecule has 2 aromatic rings. The number of rotatable bonds is 6. The van der Waals surface area contributed by atoms with Gasteiger partial charge in [0.05, 0.1) is 6.04 Å². The van der Waals surface area contributed by atoms with E-state index in [9.17, 15) is 4.39 Å². The molecule has 5 nitrogen and oxygen atoms in total. The highest BCUT2D eigenvalue weighted by Gasteiger charge is 2.12. The highest BCUT2D eigenvalue weighted by molar-refractivity contribution is 5.16. The molecule has 0 radical (unpaired) electrons. The molecule has 6 heteroatoms. The second-order valence-electron chi connectivity index (χ2n) is 4.42.